The largest absolute Gasteiger partial charge is 0.273 e. The van der Waals surface area contributed by atoms with Crippen LogP contribution >= 0.6 is 23.2 Å². The molecule has 0 aliphatic carbocycles. The minimum absolute atomic E-state index is 0.0376. The van der Waals surface area contributed by atoms with Crippen molar-refractivity contribution in [3.63, 3.8) is 0 Å². The van der Waals surface area contributed by atoms with Crippen molar-refractivity contribution in [2.75, 3.05) is 4.90 Å². The highest BCUT2D eigenvalue weighted by molar-refractivity contribution is 6.36. The second-order valence-corrected chi connectivity index (χ2v) is 3.80. The van der Waals surface area contributed by atoms with Crippen molar-refractivity contribution in [3.8, 4) is 0 Å². The lowest BCUT2D eigenvalue weighted by molar-refractivity contribution is -0.136. The molecule has 0 saturated carbocycles. The smallest absolute Gasteiger partial charge is 0.243 e. The molecule has 2 amide bonds. The maximum absolute atomic E-state index is 11.1. The minimum Gasteiger partial charge on any atom is -0.273 e. The summed E-state index contributed by atoms with van der Waals surface area (Å²) >= 11 is 11.5. The van der Waals surface area contributed by atoms with Gasteiger partial charge < -0.3 is 0 Å². The van der Waals surface area contributed by atoms with Gasteiger partial charge in [0, 0.05) is 10.0 Å². The first kappa shape index (κ1) is 9.49. The lowest BCUT2D eigenvalue weighted by Crippen LogP contribution is -2.49. The van der Waals surface area contributed by atoms with Crippen LogP contribution in [0.25, 0.3) is 0 Å². The Morgan fingerprint density at radius 1 is 1.00 bits per heavy atom. The number of nitrogens with zero attached hydrogens (tertiary/aromatic N) is 1. The molecule has 1 aromatic rings. The number of benzene rings is 1. The van der Waals surface area contributed by atoms with Gasteiger partial charge in [0.05, 0.1) is 5.69 Å². The van der Waals surface area contributed by atoms with Gasteiger partial charge in [-0.1, -0.05) is 23.2 Å². The Morgan fingerprint density at radius 2 is 1.50 bits per heavy atom. The molecule has 0 spiro atoms. The Balaban J connectivity index is 2.41. The molecule has 14 heavy (non-hydrogen) atoms. The van der Waals surface area contributed by atoms with E-state index in [1.807, 2.05) is 0 Å². The van der Waals surface area contributed by atoms with Crippen LogP contribution in [0.3, 0.4) is 0 Å². The third kappa shape index (κ3) is 1.49. The van der Waals surface area contributed by atoms with Gasteiger partial charge in [-0.25, -0.2) is 4.90 Å². The predicted molar refractivity (Wildman–Crippen MR) is 53.6 cm³/mol. The molecule has 1 fully saturated rings. The third-order valence-electron chi connectivity index (χ3n) is 1.91. The highest BCUT2D eigenvalue weighted by Crippen LogP contribution is 2.29. The Kier molecular flexibility index (Phi) is 2.21. The Bertz CT molecular complexity index is 397. The zero-order valence-corrected chi connectivity index (χ0v) is 8.47. The van der Waals surface area contributed by atoms with Crippen LogP contribution in [-0.4, -0.2) is 11.8 Å². The van der Waals surface area contributed by atoms with E-state index in [4.69, 9.17) is 23.2 Å². The summed E-state index contributed by atoms with van der Waals surface area (Å²) in [5.74, 6) is -0.457. The minimum atomic E-state index is -0.228. The van der Waals surface area contributed by atoms with Gasteiger partial charge in [0.25, 0.3) is 0 Å². The second-order valence-electron chi connectivity index (χ2n) is 2.93. The van der Waals surface area contributed by atoms with E-state index >= 15 is 0 Å². The summed E-state index contributed by atoms with van der Waals surface area (Å²) in [5.41, 5.74) is 0.434. The fourth-order valence-electron chi connectivity index (χ4n) is 1.29. The molecule has 0 radical (unpaired) electrons. The summed E-state index contributed by atoms with van der Waals surface area (Å²) in [5, 5.41) is 0.806. The second kappa shape index (κ2) is 3.26. The van der Waals surface area contributed by atoms with Crippen LogP contribution < -0.4 is 4.90 Å². The predicted octanol–water partition coefficient (Wildman–Crippen LogP) is 2.26. The maximum atomic E-state index is 11.1. The first-order chi connectivity index (χ1) is 6.58. The molecule has 0 N–H and O–H groups in total. The molecule has 5 heteroatoms. The van der Waals surface area contributed by atoms with Crippen molar-refractivity contribution in [2.45, 2.75) is 6.42 Å². The molecular weight excluding hydrogens is 225 g/mol. The molecule has 1 aromatic carbocycles. The van der Waals surface area contributed by atoms with Gasteiger partial charge in [0.1, 0.15) is 6.42 Å². The van der Waals surface area contributed by atoms with Gasteiger partial charge in [-0.05, 0) is 18.2 Å². The maximum Gasteiger partial charge on any atom is 0.243 e. The summed E-state index contributed by atoms with van der Waals surface area (Å²) in [4.78, 5) is 23.2. The standard InChI is InChI=1S/C9H5Cl2NO2/c10-5-1-6(11)3-7(2-5)12-8(13)4-9(12)14/h1-3H,4H2. The van der Waals surface area contributed by atoms with E-state index in [0.717, 1.165) is 4.90 Å². The fraction of sp³-hybridized carbons (Fsp3) is 0.111. The van der Waals surface area contributed by atoms with Crippen molar-refractivity contribution in [1.82, 2.24) is 0 Å². The zero-order valence-electron chi connectivity index (χ0n) is 6.96. The van der Waals surface area contributed by atoms with Crippen molar-refractivity contribution in [3.05, 3.63) is 28.2 Å². The van der Waals surface area contributed by atoms with E-state index in [1.165, 1.54) is 12.1 Å². The number of rotatable bonds is 1. The van der Waals surface area contributed by atoms with Crippen molar-refractivity contribution in [1.29, 1.82) is 0 Å². The van der Waals surface area contributed by atoms with E-state index < -0.39 is 0 Å². The van der Waals surface area contributed by atoms with Crippen LogP contribution in [0.2, 0.25) is 10.0 Å². The molecule has 3 nitrogen and oxygen atoms in total. The van der Waals surface area contributed by atoms with E-state index in [-0.39, 0.29) is 18.2 Å². The first-order valence-corrected chi connectivity index (χ1v) is 4.65. The van der Waals surface area contributed by atoms with E-state index in [0.29, 0.717) is 15.7 Å². The normalized spacial score (nSPS) is 15.7. The summed E-state index contributed by atoms with van der Waals surface area (Å²) in [6.45, 7) is 0. The van der Waals surface area contributed by atoms with Crippen molar-refractivity contribution < 1.29 is 9.59 Å². The Labute approximate surface area is 90.2 Å². The van der Waals surface area contributed by atoms with Crippen LogP contribution in [0, 0.1) is 0 Å². The van der Waals surface area contributed by atoms with Crippen LogP contribution in [0.15, 0.2) is 18.2 Å². The molecule has 1 aliphatic heterocycles. The highest BCUT2D eigenvalue weighted by Gasteiger charge is 2.35. The number of hydrogen-bond acceptors (Lipinski definition) is 2. The molecule has 1 aliphatic rings. The number of halogens is 2. The number of carbonyl (C=O) groups excluding carboxylic acids is 2. The molecule has 0 bridgehead atoms. The molecule has 0 atom stereocenters. The first-order valence-electron chi connectivity index (χ1n) is 3.90. The molecule has 1 saturated heterocycles. The number of β-lactam (4-membered cyclic amide) rings is 2. The van der Waals surface area contributed by atoms with Gasteiger partial charge in [0.2, 0.25) is 11.8 Å². The number of carbonyl (C=O) groups is 2. The van der Waals surface area contributed by atoms with Crippen molar-refractivity contribution in [2.24, 2.45) is 0 Å². The number of anilines is 1. The van der Waals surface area contributed by atoms with Gasteiger partial charge in [0.15, 0.2) is 0 Å². The van der Waals surface area contributed by atoms with Gasteiger partial charge >= 0.3 is 0 Å². The van der Waals surface area contributed by atoms with Crippen LogP contribution in [0.4, 0.5) is 5.69 Å². The summed E-state index contributed by atoms with van der Waals surface area (Å²) in [6.07, 6.45) is -0.0376. The van der Waals surface area contributed by atoms with Crippen LogP contribution in [0.1, 0.15) is 6.42 Å². The molecule has 2 rings (SSSR count). The SMILES string of the molecule is O=C1CC(=O)N1c1cc(Cl)cc(Cl)c1. The molecule has 0 aromatic heterocycles. The summed E-state index contributed by atoms with van der Waals surface area (Å²) in [6, 6.07) is 4.60. The van der Waals surface area contributed by atoms with E-state index in [2.05, 4.69) is 0 Å². The fourth-order valence-corrected chi connectivity index (χ4v) is 1.81. The summed E-state index contributed by atoms with van der Waals surface area (Å²) in [7, 11) is 0. The van der Waals surface area contributed by atoms with E-state index in [9.17, 15) is 9.59 Å². The van der Waals surface area contributed by atoms with Crippen LogP contribution in [-0.2, 0) is 9.59 Å². The average Bonchev–Trinajstić information content (AvgIpc) is 2.00. The Hall–Kier alpha value is -1.06. The lowest BCUT2D eigenvalue weighted by Gasteiger charge is -2.28. The van der Waals surface area contributed by atoms with Crippen molar-refractivity contribution >= 4 is 40.7 Å². The van der Waals surface area contributed by atoms with Gasteiger partial charge in [-0.2, -0.15) is 0 Å². The molecule has 72 valence electrons. The quantitative estimate of drug-likeness (QED) is 0.548. The van der Waals surface area contributed by atoms with Gasteiger partial charge in [-0.15, -0.1) is 0 Å². The third-order valence-corrected chi connectivity index (χ3v) is 2.34. The zero-order chi connectivity index (χ0) is 10.3. The monoisotopic (exact) mass is 229 g/mol. The topological polar surface area (TPSA) is 37.4 Å². The average molecular weight is 230 g/mol. The lowest BCUT2D eigenvalue weighted by atomic mass is 10.1. The number of imide groups is 1. The van der Waals surface area contributed by atoms with Gasteiger partial charge in [-0.3, -0.25) is 9.59 Å². The highest BCUT2D eigenvalue weighted by atomic mass is 35.5. The number of hydrogen-bond donors (Lipinski definition) is 0. The van der Waals surface area contributed by atoms with E-state index in [1.54, 1.807) is 6.07 Å². The summed E-state index contributed by atoms with van der Waals surface area (Å²) < 4.78 is 0. The van der Waals surface area contributed by atoms with Crippen LogP contribution in [0.5, 0.6) is 0 Å². The number of amides is 2. The molecule has 0 unspecified atom stereocenters. The Morgan fingerprint density at radius 3 is 1.93 bits per heavy atom. The molecular formula is C9H5Cl2NO2. The molecule has 1 heterocycles.